The quantitative estimate of drug-likeness (QED) is 0.758. The maximum Gasteiger partial charge on any atom is 0.0944 e. The average molecular weight is 307 g/mol. The Labute approximate surface area is 139 Å². The van der Waals surface area contributed by atoms with Crippen molar-refractivity contribution < 1.29 is 0 Å². The minimum atomic E-state index is 0.711. The second-order valence-electron chi connectivity index (χ2n) is 6.00. The first-order valence-electron chi connectivity index (χ1n) is 7.97. The molecule has 2 heterocycles. The summed E-state index contributed by atoms with van der Waals surface area (Å²) in [7, 11) is 4.15. The Balaban J connectivity index is 2.38. The molecule has 0 unspecified atom stereocenters. The Morgan fingerprint density at radius 3 is 2.35 bits per heavy atom. The van der Waals surface area contributed by atoms with Crippen LogP contribution in [0.15, 0.2) is 17.7 Å². The molecule has 0 fully saturated rings. The summed E-state index contributed by atoms with van der Waals surface area (Å²) in [6, 6.07) is 6.29. The minimum absolute atomic E-state index is 0.711. The van der Waals surface area contributed by atoms with Crippen molar-refractivity contribution in [1.82, 2.24) is 9.13 Å². The molecule has 2 rings (SSSR count). The van der Waals surface area contributed by atoms with E-state index < -0.39 is 0 Å². The topological polar surface area (TPSA) is 33.6 Å². The predicted molar refractivity (Wildman–Crippen MR) is 97.9 cm³/mol. The number of rotatable bonds is 4. The molecule has 0 aromatic carbocycles. The van der Waals surface area contributed by atoms with Crippen LogP contribution in [0.1, 0.15) is 47.8 Å². The van der Waals surface area contributed by atoms with Gasteiger partial charge in [-0.1, -0.05) is 6.92 Å². The summed E-state index contributed by atoms with van der Waals surface area (Å²) < 4.78 is 4.36. The molecule has 0 amide bonds. The van der Waals surface area contributed by atoms with Crippen LogP contribution in [0.3, 0.4) is 0 Å². The molecule has 0 bridgehead atoms. The van der Waals surface area contributed by atoms with Gasteiger partial charge in [-0.2, -0.15) is 5.26 Å². The van der Waals surface area contributed by atoms with Gasteiger partial charge < -0.3 is 9.13 Å². The molecule has 120 valence electrons. The normalized spacial score (nSPS) is 12.1. The molecule has 0 aliphatic carbocycles. The van der Waals surface area contributed by atoms with Gasteiger partial charge in [0.2, 0.25) is 0 Å². The lowest BCUT2D eigenvalue weighted by molar-refractivity contribution is 0.859. The van der Waals surface area contributed by atoms with Gasteiger partial charge in [0.05, 0.1) is 6.07 Å². The molecule has 2 aromatic rings. The zero-order chi connectivity index (χ0) is 17.1. The summed E-state index contributed by atoms with van der Waals surface area (Å²) in [5.74, 6) is 0. The van der Waals surface area contributed by atoms with E-state index in [1.54, 1.807) is 0 Å². The second kappa shape index (κ2) is 6.75. The molecule has 0 N–H and O–H groups in total. The molecule has 0 atom stereocenters. The number of nitrogens with zero attached hydrogens (tertiary/aromatic N) is 3. The summed E-state index contributed by atoms with van der Waals surface area (Å²) >= 11 is 0. The van der Waals surface area contributed by atoms with Crippen LogP contribution < -0.4 is 0 Å². The molecule has 0 radical (unpaired) electrons. The van der Waals surface area contributed by atoms with E-state index in [0.717, 1.165) is 17.8 Å². The third kappa shape index (κ3) is 3.17. The van der Waals surface area contributed by atoms with Crippen LogP contribution in [0.25, 0.3) is 18.2 Å². The van der Waals surface area contributed by atoms with Gasteiger partial charge in [-0.25, -0.2) is 0 Å². The van der Waals surface area contributed by atoms with Crippen LogP contribution in [-0.4, -0.2) is 9.13 Å². The number of aromatic nitrogens is 2. The van der Waals surface area contributed by atoms with Gasteiger partial charge in [-0.05, 0) is 68.7 Å². The Bertz CT molecular complexity index is 820. The number of hydrogen-bond donors (Lipinski definition) is 0. The molecule has 3 nitrogen and oxygen atoms in total. The fraction of sp³-hybridized carbons (Fsp3) is 0.350. The van der Waals surface area contributed by atoms with Gasteiger partial charge >= 0.3 is 0 Å². The zero-order valence-electron chi connectivity index (χ0n) is 14.9. The summed E-state index contributed by atoms with van der Waals surface area (Å²) in [5.41, 5.74) is 8.26. The van der Waals surface area contributed by atoms with E-state index in [1.165, 1.54) is 22.5 Å². The van der Waals surface area contributed by atoms with E-state index in [0.29, 0.717) is 5.57 Å². The maximum absolute atomic E-state index is 8.91. The molecule has 0 saturated carbocycles. The highest BCUT2D eigenvalue weighted by atomic mass is 15.0. The molecule has 3 heteroatoms. The Morgan fingerprint density at radius 1 is 1.13 bits per heavy atom. The predicted octanol–water partition coefficient (Wildman–Crippen LogP) is 4.64. The summed E-state index contributed by atoms with van der Waals surface area (Å²) in [4.78, 5) is 0. The fourth-order valence-electron chi connectivity index (χ4n) is 3.09. The van der Waals surface area contributed by atoms with Gasteiger partial charge in [0.1, 0.15) is 0 Å². The van der Waals surface area contributed by atoms with Crippen LogP contribution in [0.4, 0.5) is 0 Å². The molecule has 0 saturated heterocycles. The lowest BCUT2D eigenvalue weighted by Crippen LogP contribution is -1.95. The van der Waals surface area contributed by atoms with Crippen LogP contribution in [-0.2, 0) is 20.5 Å². The standard InChI is InChI=1S/C20H25N3/c1-7-19-15(3)20(22(5)16(19)4)11-10-17-8-9-18(23(17)6)12-14(2)13-21/h8-12H,7H2,1-6H3/b11-10+,14-12-. The van der Waals surface area contributed by atoms with Crippen molar-refractivity contribution in [1.29, 1.82) is 5.26 Å². The Hall–Kier alpha value is -2.47. The van der Waals surface area contributed by atoms with E-state index in [9.17, 15) is 0 Å². The molecular weight excluding hydrogens is 282 g/mol. The molecule has 0 spiro atoms. The van der Waals surface area contributed by atoms with E-state index >= 15 is 0 Å². The zero-order valence-corrected chi connectivity index (χ0v) is 14.9. The average Bonchev–Trinajstić information content (AvgIpc) is 2.97. The highest BCUT2D eigenvalue weighted by Crippen LogP contribution is 2.23. The smallest absolute Gasteiger partial charge is 0.0944 e. The lowest BCUT2D eigenvalue weighted by atomic mass is 10.1. The molecule has 2 aromatic heterocycles. The first-order chi connectivity index (χ1) is 10.9. The van der Waals surface area contributed by atoms with Crippen molar-refractivity contribution in [2.45, 2.75) is 34.1 Å². The van der Waals surface area contributed by atoms with Crippen molar-refractivity contribution in [2.75, 3.05) is 0 Å². The minimum Gasteiger partial charge on any atom is -0.348 e. The van der Waals surface area contributed by atoms with Crippen molar-refractivity contribution in [2.24, 2.45) is 14.1 Å². The Kier molecular flexibility index (Phi) is 4.95. The number of allylic oxidation sites excluding steroid dienone is 1. The van der Waals surface area contributed by atoms with Crippen molar-refractivity contribution in [3.63, 3.8) is 0 Å². The number of hydrogen-bond acceptors (Lipinski definition) is 1. The monoisotopic (exact) mass is 307 g/mol. The van der Waals surface area contributed by atoms with Gasteiger partial charge in [0.15, 0.2) is 0 Å². The molecular formula is C20H25N3. The first-order valence-corrected chi connectivity index (χ1v) is 7.97. The van der Waals surface area contributed by atoms with Crippen molar-refractivity contribution in [3.8, 4) is 6.07 Å². The summed E-state index contributed by atoms with van der Waals surface area (Å²) in [6.45, 7) is 8.40. The third-order valence-electron chi connectivity index (χ3n) is 4.64. The molecule has 23 heavy (non-hydrogen) atoms. The summed E-state index contributed by atoms with van der Waals surface area (Å²) in [6.07, 6.45) is 7.29. The van der Waals surface area contributed by atoms with Crippen LogP contribution in [0.5, 0.6) is 0 Å². The lowest BCUT2D eigenvalue weighted by Gasteiger charge is -2.03. The molecule has 0 aliphatic rings. The van der Waals surface area contributed by atoms with E-state index in [4.69, 9.17) is 5.26 Å². The van der Waals surface area contributed by atoms with E-state index in [1.807, 2.05) is 26.1 Å². The van der Waals surface area contributed by atoms with Gasteiger partial charge in [0.25, 0.3) is 0 Å². The van der Waals surface area contributed by atoms with Crippen LogP contribution >= 0.6 is 0 Å². The van der Waals surface area contributed by atoms with E-state index in [-0.39, 0.29) is 0 Å². The van der Waals surface area contributed by atoms with Crippen molar-refractivity contribution in [3.05, 3.63) is 51.6 Å². The SMILES string of the molecule is CCc1c(C)c(/C=C/c2ccc(/C=C(/C)C#N)n2C)n(C)c1C. The first kappa shape index (κ1) is 16.9. The van der Waals surface area contributed by atoms with Crippen LogP contribution in [0.2, 0.25) is 0 Å². The fourth-order valence-corrected chi connectivity index (χ4v) is 3.09. The van der Waals surface area contributed by atoms with Crippen LogP contribution in [0, 0.1) is 25.2 Å². The van der Waals surface area contributed by atoms with Gasteiger partial charge in [-0.15, -0.1) is 0 Å². The third-order valence-corrected chi connectivity index (χ3v) is 4.64. The van der Waals surface area contributed by atoms with Gasteiger partial charge in [0, 0.05) is 42.4 Å². The maximum atomic E-state index is 8.91. The Morgan fingerprint density at radius 2 is 1.78 bits per heavy atom. The largest absolute Gasteiger partial charge is 0.348 e. The van der Waals surface area contributed by atoms with Gasteiger partial charge in [-0.3, -0.25) is 0 Å². The van der Waals surface area contributed by atoms with Crippen molar-refractivity contribution >= 4 is 18.2 Å². The second-order valence-corrected chi connectivity index (χ2v) is 6.00. The highest BCUT2D eigenvalue weighted by Gasteiger charge is 2.11. The summed E-state index contributed by atoms with van der Waals surface area (Å²) in [5, 5.41) is 8.91. The van der Waals surface area contributed by atoms with E-state index in [2.05, 4.69) is 61.2 Å². The highest BCUT2D eigenvalue weighted by molar-refractivity contribution is 5.71. The molecule has 0 aliphatic heterocycles. The number of nitriles is 1.